The first-order chi connectivity index (χ1) is 10.0. The Balaban J connectivity index is 2.26. The highest BCUT2D eigenvalue weighted by atomic mass is 35.5. The molecule has 2 N–H and O–H groups in total. The first kappa shape index (κ1) is 15.2. The van der Waals surface area contributed by atoms with Crippen LogP contribution < -0.4 is 5.32 Å². The van der Waals surface area contributed by atoms with Crippen molar-refractivity contribution in [2.45, 2.75) is 6.92 Å². The molecule has 0 aliphatic carbocycles. The largest absolute Gasteiger partial charge is 0.384 e. The number of nitrogens with one attached hydrogen (secondary N) is 1. The van der Waals surface area contributed by atoms with E-state index in [1.54, 1.807) is 29.9 Å². The predicted octanol–water partition coefficient (Wildman–Crippen LogP) is 2.58. The molecule has 0 saturated carbocycles. The van der Waals surface area contributed by atoms with Crippen LogP contribution in [-0.2, 0) is 7.05 Å². The quantitative estimate of drug-likeness (QED) is 0.838. The van der Waals surface area contributed by atoms with Gasteiger partial charge in [0.25, 0.3) is 5.91 Å². The van der Waals surface area contributed by atoms with Crippen LogP contribution in [-0.4, -0.2) is 22.2 Å². The number of aliphatic hydroxyl groups is 1. The van der Waals surface area contributed by atoms with E-state index in [2.05, 4.69) is 17.2 Å². The van der Waals surface area contributed by atoms with E-state index in [0.717, 1.165) is 11.1 Å². The Labute approximate surface area is 128 Å². The number of amides is 1. The summed E-state index contributed by atoms with van der Waals surface area (Å²) in [6.45, 7) is 1.70. The molecule has 1 aromatic carbocycles. The molecule has 0 unspecified atom stereocenters. The lowest BCUT2D eigenvalue weighted by Crippen LogP contribution is -2.16. The standard InChI is InChI=1S/C16H15ClN2O2/c1-11-5-6-12(4-3-7-20)8-14(11)18-16(21)15-9-13(17)10-19(15)2/h5-6,8-10,20H,7H2,1-2H3,(H,18,21). The number of aromatic nitrogens is 1. The molecule has 5 heteroatoms. The van der Waals surface area contributed by atoms with Crippen LogP contribution in [0.15, 0.2) is 30.5 Å². The molecule has 0 radical (unpaired) electrons. The van der Waals surface area contributed by atoms with Gasteiger partial charge in [-0.05, 0) is 30.7 Å². The molecular formula is C16H15ClN2O2. The molecule has 2 aromatic rings. The van der Waals surface area contributed by atoms with Crippen LogP contribution in [0.25, 0.3) is 0 Å². The van der Waals surface area contributed by atoms with Gasteiger partial charge in [-0.25, -0.2) is 0 Å². The number of hydrogen-bond donors (Lipinski definition) is 2. The summed E-state index contributed by atoms with van der Waals surface area (Å²) >= 11 is 5.88. The number of rotatable bonds is 2. The molecule has 108 valence electrons. The lowest BCUT2D eigenvalue weighted by molar-refractivity contribution is 0.101. The van der Waals surface area contributed by atoms with E-state index in [9.17, 15) is 4.79 Å². The molecule has 0 aliphatic heterocycles. The van der Waals surface area contributed by atoms with Gasteiger partial charge < -0.3 is 15.0 Å². The normalized spacial score (nSPS) is 9.90. The van der Waals surface area contributed by atoms with Gasteiger partial charge in [0.1, 0.15) is 12.3 Å². The molecule has 1 amide bonds. The summed E-state index contributed by atoms with van der Waals surface area (Å²) in [5, 5.41) is 12.1. The van der Waals surface area contributed by atoms with Crippen molar-refractivity contribution in [2.24, 2.45) is 7.05 Å². The number of anilines is 1. The fraction of sp³-hybridized carbons (Fsp3) is 0.188. The molecule has 1 aromatic heterocycles. The lowest BCUT2D eigenvalue weighted by Gasteiger charge is -2.09. The van der Waals surface area contributed by atoms with E-state index in [1.807, 2.05) is 19.1 Å². The molecular weight excluding hydrogens is 288 g/mol. The fourth-order valence-electron chi connectivity index (χ4n) is 1.91. The smallest absolute Gasteiger partial charge is 0.272 e. The van der Waals surface area contributed by atoms with Gasteiger partial charge in [0.2, 0.25) is 0 Å². The molecule has 0 saturated heterocycles. The minimum atomic E-state index is -0.236. The van der Waals surface area contributed by atoms with Crippen LogP contribution in [0.3, 0.4) is 0 Å². The Bertz CT molecular complexity index is 738. The van der Waals surface area contributed by atoms with Crippen LogP contribution in [0.5, 0.6) is 0 Å². The van der Waals surface area contributed by atoms with Crippen LogP contribution >= 0.6 is 11.6 Å². The zero-order valence-electron chi connectivity index (χ0n) is 11.8. The number of halogens is 1. The number of aliphatic hydroxyl groups excluding tert-OH is 1. The Morgan fingerprint density at radius 1 is 1.43 bits per heavy atom. The molecule has 2 rings (SSSR count). The topological polar surface area (TPSA) is 54.3 Å². The summed E-state index contributed by atoms with van der Waals surface area (Å²) in [5.74, 6) is 5.16. The number of benzene rings is 1. The number of carbonyl (C=O) groups is 1. The number of carbonyl (C=O) groups excluding carboxylic acids is 1. The summed E-state index contributed by atoms with van der Waals surface area (Å²) in [6.07, 6.45) is 1.67. The second-order valence-electron chi connectivity index (χ2n) is 4.60. The Hall–Kier alpha value is -2.22. The van der Waals surface area contributed by atoms with Crippen molar-refractivity contribution in [1.29, 1.82) is 0 Å². The maximum atomic E-state index is 12.3. The van der Waals surface area contributed by atoms with E-state index in [4.69, 9.17) is 16.7 Å². The van der Waals surface area contributed by atoms with E-state index in [-0.39, 0.29) is 12.5 Å². The van der Waals surface area contributed by atoms with Gasteiger partial charge in [0, 0.05) is 24.5 Å². The molecule has 1 heterocycles. The Morgan fingerprint density at radius 3 is 2.81 bits per heavy atom. The van der Waals surface area contributed by atoms with E-state index in [0.29, 0.717) is 16.4 Å². The van der Waals surface area contributed by atoms with Crippen molar-refractivity contribution in [3.63, 3.8) is 0 Å². The molecule has 4 nitrogen and oxygen atoms in total. The van der Waals surface area contributed by atoms with Crippen LogP contribution in [0.1, 0.15) is 21.6 Å². The third kappa shape index (κ3) is 3.66. The maximum Gasteiger partial charge on any atom is 0.272 e. The molecule has 0 bridgehead atoms. The lowest BCUT2D eigenvalue weighted by atomic mass is 10.1. The number of hydrogen-bond acceptors (Lipinski definition) is 2. The van der Waals surface area contributed by atoms with Crippen LogP contribution in [0.2, 0.25) is 5.02 Å². The summed E-state index contributed by atoms with van der Waals surface area (Å²) in [7, 11) is 1.76. The third-order valence-electron chi connectivity index (χ3n) is 3.00. The highest BCUT2D eigenvalue weighted by Gasteiger charge is 2.12. The Kier molecular flexibility index (Phi) is 4.69. The van der Waals surface area contributed by atoms with Gasteiger partial charge in [0.15, 0.2) is 0 Å². The molecule has 0 atom stereocenters. The monoisotopic (exact) mass is 302 g/mol. The number of aryl methyl sites for hydroxylation is 2. The highest BCUT2D eigenvalue weighted by molar-refractivity contribution is 6.31. The minimum Gasteiger partial charge on any atom is -0.384 e. The summed E-state index contributed by atoms with van der Waals surface area (Å²) in [4.78, 5) is 12.3. The Morgan fingerprint density at radius 2 is 2.19 bits per heavy atom. The molecule has 0 fully saturated rings. The van der Waals surface area contributed by atoms with Gasteiger partial charge in [0.05, 0.1) is 5.02 Å². The average molecular weight is 303 g/mol. The van der Waals surface area contributed by atoms with Crippen molar-refractivity contribution in [3.05, 3.63) is 52.3 Å². The van der Waals surface area contributed by atoms with Crippen molar-refractivity contribution < 1.29 is 9.90 Å². The highest BCUT2D eigenvalue weighted by Crippen LogP contribution is 2.19. The number of nitrogens with zero attached hydrogens (tertiary/aromatic N) is 1. The molecule has 0 aliphatic rings. The SMILES string of the molecule is Cc1ccc(C#CCO)cc1NC(=O)c1cc(Cl)cn1C. The van der Waals surface area contributed by atoms with E-state index < -0.39 is 0 Å². The zero-order valence-corrected chi connectivity index (χ0v) is 12.5. The van der Waals surface area contributed by atoms with Crippen LogP contribution in [0, 0.1) is 18.8 Å². The molecule has 0 spiro atoms. The van der Waals surface area contributed by atoms with Crippen molar-refractivity contribution in [3.8, 4) is 11.8 Å². The van der Waals surface area contributed by atoms with Gasteiger partial charge in [-0.15, -0.1) is 0 Å². The molecule has 21 heavy (non-hydrogen) atoms. The first-order valence-electron chi connectivity index (χ1n) is 6.35. The van der Waals surface area contributed by atoms with Crippen molar-refractivity contribution >= 4 is 23.2 Å². The van der Waals surface area contributed by atoms with Gasteiger partial charge in [-0.3, -0.25) is 4.79 Å². The second kappa shape index (κ2) is 6.49. The van der Waals surface area contributed by atoms with E-state index in [1.165, 1.54) is 0 Å². The first-order valence-corrected chi connectivity index (χ1v) is 6.72. The third-order valence-corrected chi connectivity index (χ3v) is 3.21. The van der Waals surface area contributed by atoms with E-state index >= 15 is 0 Å². The van der Waals surface area contributed by atoms with Crippen molar-refractivity contribution in [2.75, 3.05) is 11.9 Å². The van der Waals surface area contributed by atoms with Gasteiger partial charge >= 0.3 is 0 Å². The minimum absolute atomic E-state index is 0.197. The predicted molar refractivity (Wildman–Crippen MR) is 83.5 cm³/mol. The average Bonchev–Trinajstić information content (AvgIpc) is 2.78. The second-order valence-corrected chi connectivity index (χ2v) is 5.03. The summed E-state index contributed by atoms with van der Waals surface area (Å²) in [6, 6.07) is 7.10. The summed E-state index contributed by atoms with van der Waals surface area (Å²) in [5.41, 5.74) is 2.82. The zero-order chi connectivity index (χ0) is 15.4. The van der Waals surface area contributed by atoms with Crippen molar-refractivity contribution in [1.82, 2.24) is 4.57 Å². The van der Waals surface area contributed by atoms with Gasteiger partial charge in [-0.1, -0.05) is 29.5 Å². The summed E-state index contributed by atoms with van der Waals surface area (Å²) < 4.78 is 1.67. The van der Waals surface area contributed by atoms with Gasteiger partial charge in [-0.2, -0.15) is 0 Å². The fourth-order valence-corrected chi connectivity index (χ4v) is 2.16. The maximum absolute atomic E-state index is 12.3. The van der Waals surface area contributed by atoms with Crippen LogP contribution in [0.4, 0.5) is 5.69 Å².